The van der Waals surface area contributed by atoms with Gasteiger partial charge in [0.1, 0.15) is 5.56 Å². The second kappa shape index (κ2) is 7.25. The average Bonchev–Trinajstić information content (AvgIpc) is 3.00. The van der Waals surface area contributed by atoms with Crippen molar-refractivity contribution >= 4 is 21.7 Å². The fourth-order valence-electron chi connectivity index (χ4n) is 1.92. The lowest BCUT2D eigenvalue weighted by atomic mass is 10.1. The summed E-state index contributed by atoms with van der Waals surface area (Å²) in [7, 11) is -3.88. The molecule has 0 atom stereocenters. The van der Waals surface area contributed by atoms with Crippen LogP contribution >= 0.6 is 0 Å². The van der Waals surface area contributed by atoms with Crippen LogP contribution in [0.4, 0.5) is 5.69 Å². The maximum Gasteiger partial charge on any atom is 0.342 e. The minimum absolute atomic E-state index is 0.119. The SMILES string of the molecule is CCOC(=O)c1cn[nH]c1S(=O)(=O)NCCc1ccc(N)cc1. The van der Waals surface area contributed by atoms with Crippen molar-refractivity contribution in [2.24, 2.45) is 0 Å². The van der Waals surface area contributed by atoms with E-state index in [1.165, 1.54) is 0 Å². The Morgan fingerprint density at radius 1 is 1.35 bits per heavy atom. The molecular formula is C14H18N4O4S. The number of aromatic amines is 1. The number of nitrogens with two attached hydrogens (primary N) is 1. The summed E-state index contributed by atoms with van der Waals surface area (Å²) >= 11 is 0. The second-order valence-electron chi connectivity index (χ2n) is 4.72. The van der Waals surface area contributed by atoms with Crippen LogP contribution in [0.1, 0.15) is 22.8 Å². The standard InChI is InChI=1S/C14H18N4O4S/c1-2-22-14(19)12-9-16-18-13(12)23(20,21)17-8-7-10-3-5-11(15)6-4-10/h3-6,9,17H,2,7-8,15H2,1H3,(H,16,18). The largest absolute Gasteiger partial charge is 0.462 e. The number of H-pyrrole nitrogens is 1. The van der Waals surface area contributed by atoms with Gasteiger partial charge in [0.2, 0.25) is 0 Å². The summed E-state index contributed by atoms with van der Waals surface area (Å²) in [5, 5.41) is 5.63. The molecule has 0 saturated carbocycles. The normalized spacial score (nSPS) is 11.3. The molecule has 0 aliphatic rings. The molecule has 0 radical (unpaired) electrons. The van der Waals surface area contributed by atoms with Gasteiger partial charge in [-0.1, -0.05) is 12.1 Å². The molecule has 2 aromatic rings. The maximum absolute atomic E-state index is 12.3. The first-order valence-electron chi connectivity index (χ1n) is 6.98. The molecule has 1 aromatic carbocycles. The lowest BCUT2D eigenvalue weighted by molar-refractivity contribution is 0.0522. The molecule has 0 fully saturated rings. The lowest BCUT2D eigenvalue weighted by Gasteiger charge is -2.07. The van der Waals surface area contributed by atoms with E-state index in [-0.39, 0.29) is 23.7 Å². The Kier molecular flexibility index (Phi) is 5.35. The average molecular weight is 338 g/mol. The molecule has 23 heavy (non-hydrogen) atoms. The fourth-order valence-corrected chi connectivity index (χ4v) is 3.03. The summed E-state index contributed by atoms with van der Waals surface area (Å²) in [5.41, 5.74) is 7.06. The van der Waals surface area contributed by atoms with E-state index >= 15 is 0 Å². The van der Waals surface area contributed by atoms with E-state index in [0.29, 0.717) is 12.1 Å². The molecule has 124 valence electrons. The molecule has 0 aliphatic carbocycles. The van der Waals surface area contributed by atoms with E-state index in [4.69, 9.17) is 10.5 Å². The van der Waals surface area contributed by atoms with Gasteiger partial charge in [-0.25, -0.2) is 17.9 Å². The van der Waals surface area contributed by atoms with E-state index < -0.39 is 16.0 Å². The summed E-state index contributed by atoms with van der Waals surface area (Å²) in [6.07, 6.45) is 1.62. The van der Waals surface area contributed by atoms with Gasteiger partial charge in [-0.3, -0.25) is 5.10 Å². The van der Waals surface area contributed by atoms with Crippen molar-refractivity contribution < 1.29 is 17.9 Å². The highest BCUT2D eigenvalue weighted by Gasteiger charge is 2.25. The number of rotatable bonds is 7. The third-order valence-corrected chi connectivity index (χ3v) is 4.49. The summed E-state index contributed by atoms with van der Waals surface area (Å²) in [4.78, 5) is 11.7. The van der Waals surface area contributed by atoms with Crippen molar-refractivity contribution in [1.82, 2.24) is 14.9 Å². The van der Waals surface area contributed by atoms with Crippen LogP contribution in [0.15, 0.2) is 35.5 Å². The lowest BCUT2D eigenvalue weighted by Crippen LogP contribution is -2.28. The first kappa shape index (κ1) is 17.0. The van der Waals surface area contributed by atoms with Crippen LogP contribution in [0, 0.1) is 0 Å². The van der Waals surface area contributed by atoms with Crippen LogP contribution in [0.5, 0.6) is 0 Å². The number of esters is 1. The van der Waals surface area contributed by atoms with Gasteiger partial charge in [-0.2, -0.15) is 5.10 Å². The molecule has 4 N–H and O–H groups in total. The second-order valence-corrected chi connectivity index (χ2v) is 6.43. The van der Waals surface area contributed by atoms with Crippen molar-refractivity contribution in [3.05, 3.63) is 41.6 Å². The molecule has 0 amide bonds. The molecule has 0 saturated heterocycles. The van der Waals surface area contributed by atoms with Crippen molar-refractivity contribution in [2.75, 3.05) is 18.9 Å². The molecule has 0 spiro atoms. The van der Waals surface area contributed by atoms with Crippen molar-refractivity contribution in [2.45, 2.75) is 18.4 Å². The van der Waals surface area contributed by atoms with Gasteiger partial charge in [-0.05, 0) is 31.0 Å². The number of sulfonamides is 1. The zero-order chi connectivity index (χ0) is 16.9. The third kappa shape index (κ3) is 4.30. The molecule has 1 aromatic heterocycles. The van der Waals surface area contributed by atoms with Crippen molar-refractivity contribution in [1.29, 1.82) is 0 Å². The Hall–Kier alpha value is -2.39. The summed E-state index contributed by atoms with van der Waals surface area (Å²) in [6.45, 7) is 1.96. The monoisotopic (exact) mass is 338 g/mol. The highest BCUT2D eigenvalue weighted by molar-refractivity contribution is 7.89. The van der Waals surface area contributed by atoms with Crippen LogP contribution in [-0.2, 0) is 21.2 Å². The van der Waals surface area contributed by atoms with Gasteiger partial charge in [0.05, 0.1) is 12.8 Å². The Labute approximate surface area is 134 Å². The number of nitrogens with zero attached hydrogens (tertiary/aromatic N) is 1. The Morgan fingerprint density at radius 3 is 2.70 bits per heavy atom. The summed E-state index contributed by atoms with van der Waals surface area (Å²) in [6, 6.07) is 7.14. The molecule has 0 bridgehead atoms. The predicted molar refractivity (Wildman–Crippen MR) is 84.3 cm³/mol. The number of hydrogen-bond acceptors (Lipinski definition) is 6. The van der Waals surface area contributed by atoms with Gasteiger partial charge in [-0.15, -0.1) is 0 Å². The number of benzene rings is 1. The number of carbonyl (C=O) groups is 1. The number of nitrogen functional groups attached to an aromatic ring is 1. The minimum Gasteiger partial charge on any atom is -0.462 e. The molecule has 0 unspecified atom stereocenters. The number of hydrogen-bond donors (Lipinski definition) is 3. The molecule has 0 aliphatic heterocycles. The van der Waals surface area contributed by atoms with Gasteiger partial charge in [0, 0.05) is 12.2 Å². The van der Waals surface area contributed by atoms with Crippen LogP contribution in [-0.4, -0.2) is 37.7 Å². The van der Waals surface area contributed by atoms with E-state index in [1.807, 2.05) is 12.1 Å². The quantitative estimate of drug-likeness (QED) is 0.503. The van der Waals surface area contributed by atoms with Crippen molar-refractivity contribution in [3.8, 4) is 0 Å². The van der Waals surface area contributed by atoms with Gasteiger partial charge in [0.25, 0.3) is 10.0 Å². The summed E-state index contributed by atoms with van der Waals surface area (Å²) in [5.74, 6) is -0.736. The van der Waals surface area contributed by atoms with Crippen LogP contribution in [0.3, 0.4) is 0 Å². The Bertz CT molecular complexity index is 768. The first-order valence-corrected chi connectivity index (χ1v) is 8.47. The van der Waals surface area contributed by atoms with Gasteiger partial charge >= 0.3 is 5.97 Å². The van der Waals surface area contributed by atoms with Gasteiger partial charge < -0.3 is 10.5 Å². The molecule has 1 heterocycles. The topological polar surface area (TPSA) is 127 Å². The zero-order valence-corrected chi connectivity index (χ0v) is 13.4. The van der Waals surface area contributed by atoms with Crippen LogP contribution in [0.25, 0.3) is 0 Å². The molecule has 8 nitrogen and oxygen atoms in total. The molecule has 2 rings (SSSR count). The Morgan fingerprint density at radius 2 is 2.04 bits per heavy atom. The number of ether oxygens (including phenoxy) is 1. The van der Waals surface area contributed by atoms with Crippen LogP contribution < -0.4 is 10.5 Å². The highest BCUT2D eigenvalue weighted by atomic mass is 32.2. The van der Waals surface area contributed by atoms with E-state index in [9.17, 15) is 13.2 Å². The maximum atomic E-state index is 12.3. The van der Waals surface area contributed by atoms with Crippen LogP contribution in [0.2, 0.25) is 0 Å². The molecule has 9 heteroatoms. The highest BCUT2D eigenvalue weighted by Crippen LogP contribution is 2.13. The van der Waals surface area contributed by atoms with E-state index in [0.717, 1.165) is 11.8 Å². The smallest absolute Gasteiger partial charge is 0.342 e. The Balaban J connectivity index is 2.03. The third-order valence-electron chi connectivity index (χ3n) is 3.05. The number of aromatic nitrogens is 2. The summed E-state index contributed by atoms with van der Waals surface area (Å²) < 4.78 is 31.7. The number of nitrogens with one attached hydrogen (secondary N) is 2. The zero-order valence-electron chi connectivity index (χ0n) is 12.6. The fraction of sp³-hybridized carbons (Fsp3) is 0.286. The predicted octanol–water partition coefficient (Wildman–Crippen LogP) is 0.690. The van der Waals surface area contributed by atoms with E-state index in [1.54, 1.807) is 19.1 Å². The number of carbonyl (C=O) groups excluding carboxylic acids is 1. The first-order chi connectivity index (χ1) is 10.9. The van der Waals surface area contributed by atoms with E-state index in [2.05, 4.69) is 14.9 Å². The minimum atomic E-state index is -3.88. The molecular weight excluding hydrogens is 320 g/mol. The van der Waals surface area contributed by atoms with Gasteiger partial charge in [0.15, 0.2) is 5.03 Å². The van der Waals surface area contributed by atoms with Crippen molar-refractivity contribution in [3.63, 3.8) is 0 Å². The number of anilines is 1.